The maximum atomic E-state index is 12.7. The Morgan fingerprint density at radius 1 is 1.22 bits per heavy atom. The number of amides is 1. The van der Waals surface area contributed by atoms with Gasteiger partial charge in [0.1, 0.15) is 5.75 Å². The molecule has 0 atom stereocenters. The Labute approximate surface area is 193 Å². The average molecular weight is 476 g/mol. The molecule has 0 unspecified atom stereocenters. The molecule has 32 heavy (non-hydrogen) atoms. The van der Waals surface area contributed by atoms with E-state index in [9.17, 15) is 13.2 Å². The summed E-state index contributed by atoms with van der Waals surface area (Å²) in [6.45, 7) is 10.9. The van der Waals surface area contributed by atoms with Crippen molar-refractivity contribution < 1.29 is 17.9 Å². The van der Waals surface area contributed by atoms with Crippen LogP contribution in [0.3, 0.4) is 0 Å². The van der Waals surface area contributed by atoms with Gasteiger partial charge in [0.05, 0.1) is 22.9 Å². The Balaban J connectivity index is 1.80. The van der Waals surface area contributed by atoms with Gasteiger partial charge in [-0.05, 0) is 38.3 Å². The number of benzene rings is 1. The molecule has 1 amide bonds. The topological polar surface area (TPSA) is 90.3 Å². The van der Waals surface area contributed by atoms with Crippen LogP contribution in [0.15, 0.2) is 34.5 Å². The summed E-state index contributed by atoms with van der Waals surface area (Å²) in [5, 5.41) is 8.83. The van der Waals surface area contributed by atoms with Gasteiger partial charge in [-0.15, -0.1) is 11.3 Å². The van der Waals surface area contributed by atoms with Gasteiger partial charge in [0.25, 0.3) is 5.91 Å². The lowest BCUT2D eigenvalue weighted by Gasteiger charge is -2.14. The fourth-order valence-corrected chi connectivity index (χ4v) is 5.70. The third-order valence-corrected chi connectivity index (χ3v) is 7.38. The Hall–Kier alpha value is -2.65. The molecule has 3 rings (SSSR count). The highest BCUT2D eigenvalue weighted by molar-refractivity contribution is 7.90. The highest BCUT2D eigenvalue weighted by atomic mass is 32.2. The number of carbonyl (C=O) groups is 1. The van der Waals surface area contributed by atoms with E-state index in [0.29, 0.717) is 35.3 Å². The molecular weight excluding hydrogens is 446 g/mol. The molecule has 2 heterocycles. The van der Waals surface area contributed by atoms with E-state index < -0.39 is 9.84 Å². The predicted molar refractivity (Wildman–Crippen MR) is 128 cm³/mol. The van der Waals surface area contributed by atoms with E-state index in [0.717, 1.165) is 40.2 Å². The molecule has 0 aliphatic rings. The van der Waals surface area contributed by atoms with E-state index in [2.05, 4.69) is 30.3 Å². The van der Waals surface area contributed by atoms with Crippen LogP contribution in [0.4, 0.5) is 5.82 Å². The SMILES string of the molecule is Cc1ccc(OCC(C)C)c(Cn2nc(NC(=O)c3scc(S(C)(=O)=O)c3C)cc2C)c1. The van der Waals surface area contributed by atoms with Gasteiger partial charge >= 0.3 is 0 Å². The first-order valence-electron chi connectivity index (χ1n) is 10.3. The van der Waals surface area contributed by atoms with Crippen molar-refractivity contribution in [3.05, 3.63) is 56.9 Å². The van der Waals surface area contributed by atoms with E-state index in [1.807, 2.05) is 30.7 Å². The van der Waals surface area contributed by atoms with E-state index in [1.54, 1.807) is 13.0 Å². The van der Waals surface area contributed by atoms with Gasteiger partial charge in [0.2, 0.25) is 0 Å². The molecule has 0 saturated carbocycles. The molecule has 0 fully saturated rings. The number of thiophene rings is 1. The molecular formula is C23H29N3O4S2. The number of sulfone groups is 1. The second-order valence-electron chi connectivity index (χ2n) is 8.43. The van der Waals surface area contributed by atoms with Crippen molar-refractivity contribution >= 4 is 32.9 Å². The molecule has 9 heteroatoms. The van der Waals surface area contributed by atoms with Crippen LogP contribution in [0.25, 0.3) is 0 Å². The van der Waals surface area contributed by atoms with Crippen molar-refractivity contribution in [3.8, 4) is 5.75 Å². The van der Waals surface area contributed by atoms with Crippen molar-refractivity contribution in [1.82, 2.24) is 9.78 Å². The second kappa shape index (κ2) is 9.46. The van der Waals surface area contributed by atoms with Gasteiger partial charge in [-0.3, -0.25) is 9.48 Å². The van der Waals surface area contributed by atoms with Crippen LogP contribution in [-0.2, 0) is 16.4 Å². The highest BCUT2D eigenvalue weighted by Crippen LogP contribution is 2.27. The summed E-state index contributed by atoms with van der Waals surface area (Å²) < 4.78 is 31.5. The molecule has 0 bridgehead atoms. The number of aromatic nitrogens is 2. The first-order chi connectivity index (χ1) is 15.0. The van der Waals surface area contributed by atoms with E-state index in [-0.39, 0.29) is 10.8 Å². The van der Waals surface area contributed by atoms with Crippen molar-refractivity contribution in [1.29, 1.82) is 0 Å². The minimum Gasteiger partial charge on any atom is -0.493 e. The lowest BCUT2D eigenvalue weighted by Crippen LogP contribution is -2.13. The molecule has 3 aromatic rings. The number of ether oxygens (including phenoxy) is 1. The normalized spacial score (nSPS) is 11.7. The van der Waals surface area contributed by atoms with Crippen LogP contribution in [0.1, 0.15) is 45.9 Å². The summed E-state index contributed by atoms with van der Waals surface area (Å²) in [4.78, 5) is 13.3. The largest absolute Gasteiger partial charge is 0.493 e. The minimum atomic E-state index is -3.38. The molecule has 0 aliphatic heterocycles. The molecule has 0 radical (unpaired) electrons. The van der Waals surface area contributed by atoms with Crippen molar-refractivity contribution in [2.24, 2.45) is 5.92 Å². The highest BCUT2D eigenvalue weighted by Gasteiger charge is 2.21. The lowest BCUT2D eigenvalue weighted by atomic mass is 10.1. The standard InChI is InChI=1S/C23H29N3O4S2/c1-14(2)12-30-19-8-7-15(3)9-18(19)11-26-16(4)10-21(25-26)24-23(27)22-17(5)20(13-31-22)32(6,28)29/h7-10,13-14H,11-12H2,1-6H3,(H,24,25,27). The third-order valence-electron chi connectivity index (χ3n) is 4.93. The van der Waals surface area contributed by atoms with Gasteiger partial charge < -0.3 is 10.1 Å². The number of rotatable bonds is 8. The summed E-state index contributed by atoms with van der Waals surface area (Å²) in [6, 6.07) is 7.88. The average Bonchev–Trinajstić information content (AvgIpc) is 3.23. The zero-order chi connectivity index (χ0) is 23.6. The Morgan fingerprint density at radius 3 is 2.56 bits per heavy atom. The number of aryl methyl sites for hydroxylation is 2. The zero-order valence-corrected chi connectivity index (χ0v) is 20.9. The first kappa shape index (κ1) is 24.0. The van der Waals surface area contributed by atoms with E-state index in [1.165, 1.54) is 5.38 Å². The molecule has 1 N–H and O–H groups in total. The Bertz CT molecular complexity index is 1240. The maximum absolute atomic E-state index is 12.7. The summed E-state index contributed by atoms with van der Waals surface area (Å²) >= 11 is 1.11. The molecule has 172 valence electrons. The van der Waals surface area contributed by atoms with Crippen molar-refractivity contribution in [2.45, 2.75) is 46.1 Å². The summed E-state index contributed by atoms with van der Waals surface area (Å²) in [5.41, 5.74) is 3.49. The smallest absolute Gasteiger partial charge is 0.267 e. The summed E-state index contributed by atoms with van der Waals surface area (Å²) in [7, 11) is -3.38. The van der Waals surface area contributed by atoms with Crippen molar-refractivity contribution in [2.75, 3.05) is 18.2 Å². The van der Waals surface area contributed by atoms with Crippen LogP contribution < -0.4 is 10.1 Å². The zero-order valence-electron chi connectivity index (χ0n) is 19.2. The Kier molecular flexibility index (Phi) is 7.09. The molecule has 1 aromatic carbocycles. The van der Waals surface area contributed by atoms with Gasteiger partial charge in [-0.25, -0.2) is 8.42 Å². The number of hydrogen-bond acceptors (Lipinski definition) is 6. The first-order valence-corrected chi connectivity index (χ1v) is 13.1. The molecule has 7 nitrogen and oxygen atoms in total. The lowest BCUT2D eigenvalue weighted by molar-refractivity contribution is 0.102. The van der Waals surface area contributed by atoms with Crippen molar-refractivity contribution in [3.63, 3.8) is 0 Å². The van der Waals surface area contributed by atoms with Crippen LogP contribution in [0, 0.1) is 26.7 Å². The fraction of sp³-hybridized carbons (Fsp3) is 0.391. The van der Waals surface area contributed by atoms with Gasteiger partial charge in [0.15, 0.2) is 15.7 Å². The Morgan fingerprint density at radius 2 is 1.94 bits per heavy atom. The quantitative estimate of drug-likeness (QED) is 0.514. The fourth-order valence-electron chi connectivity index (χ4n) is 3.29. The van der Waals surface area contributed by atoms with E-state index >= 15 is 0 Å². The van der Waals surface area contributed by atoms with Crippen LogP contribution in [0.5, 0.6) is 5.75 Å². The number of nitrogens with zero attached hydrogens (tertiary/aromatic N) is 2. The number of nitrogens with one attached hydrogen (secondary N) is 1. The predicted octanol–water partition coefficient (Wildman–Crippen LogP) is 4.61. The van der Waals surface area contributed by atoms with Crippen LogP contribution in [-0.4, -0.2) is 37.0 Å². The van der Waals surface area contributed by atoms with Crippen LogP contribution in [0.2, 0.25) is 0 Å². The molecule has 0 saturated heterocycles. The molecule has 0 aliphatic carbocycles. The summed E-state index contributed by atoms with van der Waals surface area (Å²) in [6.07, 6.45) is 1.14. The molecule has 2 aromatic heterocycles. The minimum absolute atomic E-state index is 0.183. The molecule has 0 spiro atoms. The van der Waals surface area contributed by atoms with Gasteiger partial charge in [-0.2, -0.15) is 5.10 Å². The number of anilines is 1. The summed E-state index contributed by atoms with van der Waals surface area (Å²) in [5.74, 6) is 1.29. The number of carbonyl (C=O) groups excluding carboxylic acids is 1. The van der Waals surface area contributed by atoms with E-state index in [4.69, 9.17) is 4.74 Å². The van der Waals surface area contributed by atoms with Gasteiger partial charge in [-0.1, -0.05) is 31.5 Å². The maximum Gasteiger partial charge on any atom is 0.267 e. The second-order valence-corrected chi connectivity index (χ2v) is 11.3. The monoisotopic (exact) mass is 475 g/mol. The number of hydrogen-bond donors (Lipinski definition) is 1. The third kappa shape index (κ3) is 5.58. The van der Waals surface area contributed by atoms with Gasteiger partial charge in [0, 0.05) is 29.0 Å². The van der Waals surface area contributed by atoms with Crippen LogP contribution >= 0.6 is 11.3 Å².